The van der Waals surface area contributed by atoms with Crippen LogP contribution < -0.4 is 15.3 Å². The number of rotatable bonds is 6. The van der Waals surface area contributed by atoms with E-state index in [2.05, 4.69) is 10.4 Å². The molecule has 8 heteroatoms. The molecule has 8 nitrogen and oxygen atoms in total. The molecule has 1 heterocycles. The van der Waals surface area contributed by atoms with E-state index in [1.165, 1.54) is 12.1 Å². The summed E-state index contributed by atoms with van der Waals surface area (Å²) >= 11 is 0. The molecule has 0 spiro atoms. The van der Waals surface area contributed by atoms with Crippen LogP contribution in [-0.4, -0.2) is 37.2 Å². The Bertz CT molecular complexity index is 484. The van der Waals surface area contributed by atoms with Crippen molar-refractivity contribution in [3.05, 3.63) is 34.7 Å². The number of hydrogen-bond acceptors (Lipinski definition) is 7. The monoisotopic (exact) mass is 281 g/mol. The fraction of sp³-hybridized carbons (Fsp3) is 0.417. The zero-order chi connectivity index (χ0) is 14.6. The van der Waals surface area contributed by atoms with E-state index in [1.54, 1.807) is 12.1 Å². The molecule has 1 aromatic carbocycles. The van der Waals surface area contributed by atoms with Gasteiger partial charge >= 0.3 is 0 Å². The molecule has 0 bridgehead atoms. The van der Waals surface area contributed by atoms with E-state index in [0.717, 1.165) is 6.34 Å². The molecule has 2 rings (SSSR count). The molecule has 2 atom stereocenters. The van der Waals surface area contributed by atoms with E-state index in [0.29, 0.717) is 18.2 Å². The summed E-state index contributed by atoms with van der Waals surface area (Å²) in [6.45, 7) is 2.74. The number of nitrogens with one attached hydrogen (secondary N) is 1. The van der Waals surface area contributed by atoms with Gasteiger partial charge in [-0.2, -0.15) is 4.84 Å². The van der Waals surface area contributed by atoms with Crippen molar-refractivity contribution in [2.45, 2.75) is 13.0 Å². The van der Waals surface area contributed by atoms with Crippen LogP contribution in [0.4, 0.5) is 11.4 Å². The van der Waals surface area contributed by atoms with Gasteiger partial charge in [0.25, 0.3) is 0 Å². The number of quaternary nitrogens is 1. The van der Waals surface area contributed by atoms with Gasteiger partial charge in [0.2, 0.25) is 5.69 Å². The summed E-state index contributed by atoms with van der Waals surface area (Å²) in [6.07, 6.45) is 0.0398. The Morgan fingerprint density at radius 2 is 2.25 bits per heavy atom. The van der Waals surface area contributed by atoms with Gasteiger partial charge in [0, 0.05) is 12.6 Å². The average molecular weight is 281 g/mol. The summed E-state index contributed by atoms with van der Waals surface area (Å²) in [4.78, 5) is 3.67. The number of nitrogens with zero attached hydrogens (tertiary/aromatic N) is 3. The Morgan fingerprint density at radius 3 is 3.00 bits per heavy atom. The summed E-state index contributed by atoms with van der Waals surface area (Å²) < 4.78 is 0. The van der Waals surface area contributed by atoms with Crippen LogP contribution in [0.25, 0.3) is 0 Å². The maximum atomic E-state index is 12.5. The van der Waals surface area contributed by atoms with Crippen molar-refractivity contribution in [3.8, 4) is 0 Å². The summed E-state index contributed by atoms with van der Waals surface area (Å²) in [6, 6.07) is 6.25. The number of aliphatic hydroxyl groups excluding tert-OH is 1. The van der Waals surface area contributed by atoms with Gasteiger partial charge in [-0.05, 0) is 22.6 Å². The minimum atomic E-state index is -1.46. The van der Waals surface area contributed by atoms with Crippen molar-refractivity contribution < 1.29 is 9.94 Å². The van der Waals surface area contributed by atoms with Crippen LogP contribution in [0.3, 0.4) is 0 Å². The Labute approximate surface area is 116 Å². The summed E-state index contributed by atoms with van der Waals surface area (Å²) in [5, 5.41) is 40.7. The van der Waals surface area contributed by atoms with Crippen molar-refractivity contribution in [3.63, 3.8) is 0 Å². The fourth-order valence-corrected chi connectivity index (χ4v) is 1.79. The predicted molar refractivity (Wildman–Crippen MR) is 76.4 cm³/mol. The molecule has 0 radical (unpaired) electrons. The van der Waals surface area contributed by atoms with E-state index in [-0.39, 0.29) is 18.0 Å². The third kappa shape index (κ3) is 3.12. The number of hydrogen-bond donors (Lipinski definition) is 2. The first-order valence-corrected chi connectivity index (χ1v) is 6.32. The van der Waals surface area contributed by atoms with E-state index < -0.39 is 11.0 Å². The zero-order valence-corrected chi connectivity index (χ0v) is 11.1. The Hall–Kier alpha value is -1.55. The van der Waals surface area contributed by atoms with Gasteiger partial charge in [-0.15, -0.1) is 0 Å². The number of fused-ring (bicyclic) bond motifs is 1. The Balaban J connectivity index is 2.08. The van der Waals surface area contributed by atoms with Crippen LogP contribution in [-0.2, 0) is 4.84 Å². The molecule has 110 valence electrons. The third-order valence-corrected chi connectivity index (χ3v) is 2.80. The molecule has 0 aliphatic carbocycles. The van der Waals surface area contributed by atoms with Gasteiger partial charge in [-0.1, -0.05) is 19.1 Å². The van der Waals surface area contributed by atoms with Crippen LogP contribution in [0.15, 0.2) is 29.4 Å². The Kier molecular flexibility index (Phi) is 4.65. The molecule has 2 N–H and O–H groups in total. The highest BCUT2D eigenvalue weighted by atomic mass is 17.0. The summed E-state index contributed by atoms with van der Waals surface area (Å²) in [7, 11) is 0. The average Bonchev–Trinajstić information content (AvgIpc) is 2.47. The Morgan fingerprint density at radius 1 is 1.50 bits per heavy atom. The first-order chi connectivity index (χ1) is 9.57. The molecule has 0 amide bonds. The van der Waals surface area contributed by atoms with Crippen molar-refractivity contribution in [2.75, 3.05) is 24.8 Å². The maximum Gasteiger partial charge on any atom is 0.216 e. The first kappa shape index (κ1) is 14.9. The summed E-state index contributed by atoms with van der Waals surface area (Å²) in [5.74, 6) is 0. The van der Waals surface area contributed by atoms with Crippen molar-refractivity contribution in [1.82, 2.24) is 10.2 Å². The second kappa shape index (κ2) is 6.27. The standard InChI is InChI=1S/C12H17N4O4/c1-2-13-7-10(17)8-20-16(19)12-6-4-3-5-11(12)15(18)9-14-16/h3-6,9-10,13,17H,2,7-8H2,1H3/q-1. The lowest BCUT2D eigenvalue weighted by molar-refractivity contribution is -0.135. The number of para-hydroxylation sites is 1. The molecule has 0 fully saturated rings. The lowest BCUT2D eigenvalue weighted by Gasteiger charge is -2.40. The third-order valence-electron chi connectivity index (χ3n) is 2.80. The highest BCUT2D eigenvalue weighted by molar-refractivity contribution is 5.89. The normalized spacial score (nSPS) is 22.7. The predicted octanol–water partition coefficient (Wildman–Crippen LogP) is 0.655. The lowest BCUT2D eigenvalue weighted by Crippen LogP contribution is -2.45. The summed E-state index contributed by atoms with van der Waals surface area (Å²) in [5.41, 5.74) is 0.263. The van der Waals surface area contributed by atoms with Crippen molar-refractivity contribution >= 4 is 17.7 Å². The fourth-order valence-electron chi connectivity index (χ4n) is 1.79. The quantitative estimate of drug-likeness (QED) is 0.586. The molecule has 0 saturated carbocycles. The van der Waals surface area contributed by atoms with Gasteiger partial charge in [0.05, 0.1) is 11.8 Å². The SMILES string of the molecule is CCNCC(O)CO[N+]1([O-])N=CN([O-])c2ccccc21. The second-order valence-electron chi connectivity index (χ2n) is 4.32. The van der Waals surface area contributed by atoms with Crippen LogP contribution in [0.1, 0.15) is 6.92 Å². The maximum absolute atomic E-state index is 12.5. The van der Waals surface area contributed by atoms with Crippen LogP contribution in [0.2, 0.25) is 0 Å². The second-order valence-corrected chi connectivity index (χ2v) is 4.32. The van der Waals surface area contributed by atoms with E-state index >= 15 is 0 Å². The number of benzene rings is 1. The van der Waals surface area contributed by atoms with Gasteiger partial charge in [-0.3, -0.25) is 0 Å². The zero-order valence-electron chi connectivity index (χ0n) is 11.1. The first-order valence-electron chi connectivity index (χ1n) is 6.32. The molecule has 0 saturated heterocycles. The minimum absolute atomic E-state index is 0.0839. The topological polar surface area (TPSA) is 103 Å². The molecule has 0 aromatic heterocycles. The van der Waals surface area contributed by atoms with Crippen molar-refractivity contribution in [2.24, 2.45) is 5.10 Å². The lowest BCUT2D eigenvalue weighted by atomic mass is 10.2. The molecule has 1 aliphatic heterocycles. The van der Waals surface area contributed by atoms with Gasteiger partial charge < -0.3 is 25.9 Å². The number of aliphatic hydroxyl groups is 1. The van der Waals surface area contributed by atoms with Gasteiger partial charge in [-0.25, -0.2) is 0 Å². The molecular formula is C12H17N4O4-. The number of hydroxylamine groups is 1. The number of likely N-dealkylation sites (N-methyl/N-ethyl adjacent to an activating group) is 1. The smallest absolute Gasteiger partial charge is 0.216 e. The molecule has 1 aromatic rings. The molecule has 2 unspecified atom stereocenters. The van der Waals surface area contributed by atoms with E-state index in [4.69, 9.17) is 4.84 Å². The minimum Gasteiger partial charge on any atom is -0.753 e. The van der Waals surface area contributed by atoms with Gasteiger partial charge in [0.1, 0.15) is 12.9 Å². The number of anilines is 1. The van der Waals surface area contributed by atoms with E-state index in [9.17, 15) is 15.5 Å². The van der Waals surface area contributed by atoms with Gasteiger partial charge in [0.15, 0.2) is 0 Å². The molecule has 20 heavy (non-hydrogen) atoms. The van der Waals surface area contributed by atoms with Crippen LogP contribution in [0.5, 0.6) is 0 Å². The van der Waals surface area contributed by atoms with Crippen LogP contribution >= 0.6 is 0 Å². The van der Waals surface area contributed by atoms with Crippen LogP contribution in [0, 0.1) is 10.4 Å². The highest BCUT2D eigenvalue weighted by Crippen LogP contribution is 2.36. The molecule has 1 aliphatic rings. The largest absolute Gasteiger partial charge is 0.753 e. The van der Waals surface area contributed by atoms with Crippen molar-refractivity contribution in [1.29, 1.82) is 0 Å². The van der Waals surface area contributed by atoms with E-state index in [1.807, 2.05) is 6.92 Å². The molecular weight excluding hydrogens is 264 g/mol. The highest BCUT2D eigenvalue weighted by Gasteiger charge is 2.30.